The molecule has 0 atom stereocenters. The van der Waals surface area contributed by atoms with E-state index in [0.717, 1.165) is 22.0 Å². The Morgan fingerprint density at radius 2 is 1.94 bits per heavy atom. The highest BCUT2D eigenvalue weighted by Gasteiger charge is 2.37. The Balaban J connectivity index is 2.48. The van der Waals surface area contributed by atoms with Gasteiger partial charge in [-0.25, -0.2) is 0 Å². The van der Waals surface area contributed by atoms with Gasteiger partial charge in [-0.15, -0.1) is 0 Å². The van der Waals surface area contributed by atoms with Crippen molar-refractivity contribution in [2.24, 2.45) is 0 Å². The predicted molar refractivity (Wildman–Crippen MR) is 68.3 cm³/mol. The third-order valence-corrected chi connectivity index (χ3v) is 3.34. The molecule has 0 N–H and O–H groups in total. The summed E-state index contributed by atoms with van der Waals surface area (Å²) in [5, 5.41) is 20.7. The summed E-state index contributed by atoms with van der Waals surface area (Å²) in [5.74, 6) is 0. The number of hydrogen-bond donors (Lipinski definition) is 0. The molecule has 0 radical (unpaired) electrons. The van der Waals surface area contributed by atoms with E-state index in [4.69, 9.17) is 0 Å². The van der Waals surface area contributed by atoms with Crippen LogP contribution in [0.3, 0.4) is 0 Å². The smallest absolute Gasteiger partial charge is 0.174 e. The van der Waals surface area contributed by atoms with Gasteiger partial charge in [0.1, 0.15) is 0 Å². The fraction of sp³-hybridized carbons (Fsp3) is 0.133. The quantitative estimate of drug-likeness (QED) is 0.700. The predicted octanol–water partition coefficient (Wildman–Crippen LogP) is 2.94. The second-order valence-electron chi connectivity index (χ2n) is 4.34. The standard InChI is InChI=1S/C15H9N3/c16-9-15(10-17)7-3-6-13-14(15)12-5-2-1-4-11(12)8-18-13/h1-6,8H,7H2. The number of nitrogens with zero attached hydrogens (tertiary/aromatic N) is 3. The first-order chi connectivity index (χ1) is 8.80. The molecule has 3 rings (SSSR count). The maximum atomic E-state index is 9.41. The van der Waals surface area contributed by atoms with E-state index in [0.29, 0.717) is 6.42 Å². The lowest BCUT2D eigenvalue weighted by Gasteiger charge is -2.24. The van der Waals surface area contributed by atoms with Gasteiger partial charge in [0.05, 0.1) is 17.8 Å². The molecular weight excluding hydrogens is 222 g/mol. The first kappa shape index (κ1) is 10.5. The lowest BCUT2D eigenvalue weighted by Crippen LogP contribution is -2.25. The van der Waals surface area contributed by atoms with Crippen molar-refractivity contribution in [1.82, 2.24) is 4.98 Å². The van der Waals surface area contributed by atoms with Crippen LogP contribution in [-0.4, -0.2) is 4.98 Å². The van der Waals surface area contributed by atoms with Crippen LogP contribution in [0.1, 0.15) is 17.7 Å². The lowest BCUT2D eigenvalue weighted by atomic mass is 9.74. The molecule has 0 fully saturated rings. The molecule has 1 aliphatic carbocycles. The molecule has 0 saturated carbocycles. The number of hydrogen-bond acceptors (Lipinski definition) is 3. The van der Waals surface area contributed by atoms with Crippen molar-refractivity contribution in [2.45, 2.75) is 11.8 Å². The highest BCUT2D eigenvalue weighted by atomic mass is 14.7. The summed E-state index contributed by atoms with van der Waals surface area (Å²) in [6.45, 7) is 0. The Morgan fingerprint density at radius 3 is 2.72 bits per heavy atom. The van der Waals surface area contributed by atoms with E-state index in [9.17, 15) is 10.5 Å². The molecule has 0 unspecified atom stereocenters. The van der Waals surface area contributed by atoms with Crippen molar-refractivity contribution in [3.8, 4) is 12.1 Å². The van der Waals surface area contributed by atoms with Crippen LogP contribution in [-0.2, 0) is 5.41 Å². The van der Waals surface area contributed by atoms with Crippen LogP contribution >= 0.6 is 0 Å². The van der Waals surface area contributed by atoms with Crippen LogP contribution in [0.2, 0.25) is 0 Å². The largest absolute Gasteiger partial charge is 0.256 e. The van der Waals surface area contributed by atoms with Crippen molar-refractivity contribution in [3.05, 3.63) is 47.8 Å². The summed E-state index contributed by atoms with van der Waals surface area (Å²) in [6.07, 6.45) is 5.93. The third kappa shape index (κ3) is 1.25. The van der Waals surface area contributed by atoms with Crippen molar-refractivity contribution < 1.29 is 0 Å². The van der Waals surface area contributed by atoms with E-state index in [1.165, 1.54) is 0 Å². The zero-order valence-corrected chi connectivity index (χ0v) is 9.59. The average molecular weight is 231 g/mol. The SMILES string of the molecule is N#CC1(C#N)CC=Cc2ncc3ccccc3c21. The van der Waals surface area contributed by atoms with Gasteiger partial charge in [0.15, 0.2) is 5.41 Å². The van der Waals surface area contributed by atoms with Crippen LogP contribution in [0.4, 0.5) is 0 Å². The highest BCUT2D eigenvalue weighted by molar-refractivity contribution is 5.90. The molecule has 0 amide bonds. The van der Waals surface area contributed by atoms with Gasteiger partial charge in [-0.2, -0.15) is 10.5 Å². The Hall–Kier alpha value is -2.65. The Labute approximate surface area is 105 Å². The van der Waals surface area contributed by atoms with Gasteiger partial charge < -0.3 is 0 Å². The van der Waals surface area contributed by atoms with E-state index in [1.54, 1.807) is 6.20 Å². The Bertz CT molecular complexity index is 730. The number of allylic oxidation sites excluding steroid dienone is 1. The van der Waals surface area contributed by atoms with Crippen LogP contribution in [0.25, 0.3) is 16.8 Å². The van der Waals surface area contributed by atoms with Gasteiger partial charge in [0, 0.05) is 23.6 Å². The molecule has 0 aliphatic heterocycles. The minimum absolute atomic E-state index is 0.419. The fourth-order valence-electron chi connectivity index (χ4n) is 2.43. The molecule has 0 spiro atoms. The summed E-state index contributed by atoms with van der Waals surface area (Å²) in [5.41, 5.74) is 0.356. The average Bonchev–Trinajstić information content (AvgIpc) is 2.46. The molecule has 0 saturated heterocycles. The van der Waals surface area contributed by atoms with E-state index in [1.807, 2.05) is 36.4 Å². The summed E-state index contributed by atoms with van der Waals surface area (Å²) in [6, 6.07) is 12.1. The summed E-state index contributed by atoms with van der Waals surface area (Å²) < 4.78 is 0. The number of rotatable bonds is 0. The van der Waals surface area contributed by atoms with E-state index >= 15 is 0 Å². The van der Waals surface area contributed by atoms with Crippen LogP contribution in [0.5, 0.6) is 0 Å². The van der Waals surface area contributed by atoms with Crippen LogP contribution < -0.4 is 0 Å². The molecule has 1 aromatic heterocycles. The molecule has 1 heterocycles. The Morgan fingerprint density at radius 1 is 1.17 bits per heavy atom. The second kappa shape index (κ2) is 3.68. The van der Waals surface area contributed by atoms with E-state index in [-0.39, 0.29) is 0 Å². The molecule has 18 heavy (non-hydrogen) atoms. The number of pyridine rings is 1. The maximum Gasteiger partial charge on any atom is 0.174 e. The summed E-state index contributed by atoms with van der Waals surface area (Å²) in [7, 11) is 0. The lowest BCUT2D eigenvalue weighted by molar-refractivity contribution is 0.707. The molecule has 3 nitrogen and oxygen atoms in total. The van der Waals surface area contributed by atoms with Gasteiger partial charge >= 0.3 is 0 Å². The summed E-state index contributed by atoms with van der Waals surface area (Å²) in [4.78, 5) is 4.35. The zero-order valence-electron chi connectivity index (χ0n) is 9.59. The first-order valence-electron chi connectivity index (χ1n) is 5.68. The molecular formula is C15H9N3. The minimum atomic E-state index is -1.11. The number of nitriles is 2. The van der Waals surface area contributed by atoms with E-state index < -0.39 is 5.41 Å². The minimum Gasteiger partial charge on any atom is -0.256 e. The molecule has 84 valence electrons. The maximum absolute atomic E-state index is 9.41. The van der Waals surface area contributed by atoms with Gasteiger partial charge in [-0.1, -0.05) is 30.3 Å². The normalized spacial score (nSPS) is 15.7. The number of aromatic nitrogens is 1. The van der Waals surface area contributed by atoms with Crippen molar-refractivity contribution in [1.29, 1.82) is 10.5 Å². The zero-order chi connectivity index (χ0) is 12.6. The molecule has 1 aromatic carbocycles. The van der Waals surface area contributed by atoms with Crippen molar-refractivity contribution in [3.63, 3.8) is 0 Å². The number of benzene rings is 1. The molecule has 2 aromatic rings. The van der Waals surface area contributed by atoms with Crippen LogP contribution in [0.15, 0.2) is 36.5 Å². The fourth-order valence-corrected chi connectivity index (χ4v) is 2.43. The molecule has 3 heteroatoms. The summed E-state index contributed by atoms with van der Waals surface area (Å²) >= 11 is 0. The third-order valence-electron chi connectivity index (χ3n) is 3.34. The van der Waals surface area contributed by atoms with Crippen LogP contribution in [0, 0.1) is 22.7 Å². The topological polar surface area (TPSA) is 60.5 Å². The van der Waals surface area contributed by atoms with Crippen molar-refractivity contribution >= 4 is 16.8 Å². The van der Waals surface area contributed by atoms with Gasteiger partial charge in [0.25, 0.3) is 0 Å². The monoisotopic (exact) mass is 231 g/mol. The Kier molecular flexibility index (Phi) is 2.15. The number of fused-ring (bicyclic) bond motifs is 3. The molecule has 1 aliphatic rings. The molecule has 0 bridgehead atoms. The van der Waals surface area contributed by atoms with Crippen molar-refractivity contribution in [2.75, 3.05) is 0 Å². The second-order valence-corrected chi connectivity index (χ2v) is 4.34. The van der Waals surface area contributed by atoms with Gasteiger partial charge in [-0.05, 0) is 11.5 Å². The van der Waals surface area contributed by atoms with E-state index in [2.05, 4.69) is 17.1 Å². The van der Waals surface area contributed by atoms with Gasteiger partial charge in [0.2, 0.25) is 0 Å². The van der Waals surface area contributed by atoms with Gasteiger partial charge in [-0.3, -0.25) is 4.98 Å². The highest BCUT2D eigenvalue weighted by Crippen LogP contribution is 2.38. The first-order valence-corrected chi connectivity index (χ1v) is 5.68.